The van der Waals surface area contributed by atoms with Crippen LogP contribution in [0, 0.1) is 0 Å². The quantitative estimate of drug-likeness (QED) is 0.490. The van der Waals surface area contributed by atoms with Crippen LogP contribution in [0.1, 0.15) is 24.6 Å². The zero-order chi connectivity index (χ0) is 9.42. The van der Waals surface area contributed by atoms with Crippen LogP contribution >= 0.6 is 23.2 Å². The zero-order valence-corrected chi connectivity index (χ0v) is 8.65. The number of hydrogen-bond acceptors (Lipinski definition) is 2. The van der Waals surface area contributed by atoms with Crippen LogP contribution < -0.4 is 0 Å². The molecule has 1 aromatic rings. The Morgan fingerprint density at radius 3 is 2.77 bits per heavy atom. The number of allylic oxidation sites excluding steroid dienone is 1. The van der Waals surface area contributed by atoms with Gasteiger partial charge < -0.3 is 0 Å². The van der Waals surface area contributed by atoms with E-state index in [1.807, 2.05) is 6.08 Å². The van der Waals surface area contributed by atoms with E-state index in [4.69, 9.17) is 23.2 Å². The molecule has 2 nitrogen and oxygen atoms in total. The van der Waals surface area contributed by atoms with Crippen LogP contribution in [0.4, 0.5) is 0 Å². The van der Waals surface area contributed by atoms with Crippen LogP contribution in [0.25, 0.3) is 6.08 Å². The van der Waals surface area contributed by atoms with Gasteiger partial charge in [-0.2, -0.15) is 0 Å². The number of nitrogens with zero attached hydrogens (tertiary/aromatic N) is 2. The number of aromatic nitrogens is 2. The smallest absolute Gasteiger partial charge is 0.222 e. The van der Waals surface area contributed by atoms with Gasteiger partial charge >= 0.3 is 0 Å². The normalized spacial score (nSPS) is 15.2. The topological polar surface area (TPSA) is 25.8 Å². The Morgan fingerprint density at radius 1 is 1.23 bits per heavy atom. The van der Waals surface area contributed by atoms with Gasteiger partial charge in [-0.15, -0.1) is 0 Å². The van der Waals surface area contributed by atoms with Crippen molar-refractivity contribution in [2.75, 3.05) is 0 Å². The van der Waals surface area contributed by atoms with Gasteiger partial charge in [0.1, 0.15) is 5.15 Å². The van der Waals surface area contributed by atoms with E-state index in [1.54, 1.807) is 0 Å². The second kappa shape index (κ2) is 3.28. The third kappa shape index (κ3) is 1.69. The minimum absolute atomic E-state index is 0.233. The minimum Gasteiger partial charge on any atom is -0.222 e. The Kier molecular flexibility index (Phi) is 2.26. The third-order valence-electron chi connectivity index (χ3n) is 2.10. The highest BCUT2D eigenvalue weighted by molar-refractivity contribution is 6.32. The summed E-state index contributed by atoms with van der Waals surface area (Å²) in [5.74, 6) is 0. The first-order chi connectivity index (χ1) is 6.16. The summed E-state index contributed by atoms with van der Waals surface area (Å²) < 4.78 is 0. The van der Waals surface area contributed by atoms with Crippen molar-refractivity contribution < 1.29 is 0 Å². The summed E-state index contributed by atoms with van der Waals surface area (Å²) in [5, 5.41) is 0.686. The molecule has 0 aromatic carbocycles. The highest BCUT2D eigenvalue weighted by Crippen LogP contribution is 2.27. The molecule has 0 spiro atoms. The van der Waals surface area contributed by atoms with Crippen molar-refractivity contribution in [3.63, 3.8) is 0 Å². The van der Waals surface area contributed by atoms with E-state index in [0.29, 0.717) is 5.15 Å². The lowest BCUT2D eigenvalue weighted by atomic mass is 9.99. The SMILES string of the molecule is CC1=Cc2c(Cl)nc(Cl)nc2CC1. The van der Waals surface area contributed by atoms with Crippen molar-refractivity contribution >= 4 is 29.3 Å². The summed E-state index contributed by atoms with van der Waals surface area (Å²) in [7, 11) is 0. The van der Waals surface area contributed by atoms with Gasteiger partial charge in [-0.05, 0) is 31.4 Å². The van der Waals surface area contributed by atoms with E-state index in [2.05, 4.69) is 16.9 Å². The number of aryl methyl sites for hydroxylation is 1. The lowest BCUT2D eigenvalue weighted by Crippen LogP contribution is -2.03. The molecule has 1 aromatic heterocycles. The standard InChI is InChI=1S/C9H8Cl2N2/c1-5-2-3-7-6(4-5)8(10)13-9(11)12-7/h4H,2-3H2,1H3. The highest BCUT2D eigenvalue weighted by Gasteiger charge is 2.14. The van der Waals surface area contributed by atoms with Gasteiger partial charge in [-0.25, -0.2) is 9.97 Å². The Labute approximate surface area is 86.6 Å². The summed E-state index contributed by atoms with van der Waals surface area (Å²) in [4.78, 5) is 8.03. The molecule has 0 radical (unpaired) electrons. The number of fused-ring (bicyclic) bond motifs is 1. The van der Waals surface area contributed by atoms with Crippen LogP contribution in [0.5, 0.6) is 0 Å². The maximum atomic E-state index is 5.93. The lowest BCUT2D eigenvalue weighted by molar-refractivity contribution is 0.871. The van der Waals surface area contributed by atoms with Crippen molar-refractivity contribution in [3.05, 3.63) is 27.3 Å². The Balaban J connectivity index is 2.61. The fourth-order valence-electron chi connectivity index (χ4n) is 1.42. The molecule has 0 aliphatic heterocycles. The van der Waals surface area contributed by atoms with Crippen LogP contribution in [-0.2, 0) is 6.42 Å². The van der Waals surface area contributed by atoms with Crippen molar-refractivity contribution in [1.29, 1.82) is 0 Å². The Hall–Kier alpha value is -0.600. The molecular formula is C9H8Cl2N2. The molecule has 0 saturated heterocycles. The van der Waals surface area contributed by atoms with E-state index in [-0.39, 0.29) is 5.28 Å². The first-order valence-corrected chi connectivity index (χ1v) is 4.81. The van der Waals surface area contributed by atoms with Crippen molar-refractivity contribution in [1.82, 2.24) is 9.97 Å². The minimum atomic E-state index is 0.233. The van der Waals surface area contributed by atoms with Gasteiger partial charge in [0, 0.05) is 5.56 Å². The van der Waals surface area contributed by atoms with Crippen molar-refractivity contribution in [2.45, 2.75) is 19.8 Å². The Bertz CT molecular complexity index is 385. The summed E-state index contributed by atoms with van der Waals surface area (Å²) >= 11 is 11.6. The maximum Gasteiger partial charge on any atom is 0.224 e. The van der Waals surface area contributed by atoms with Gasteiger partial charge in [-0.1, -0.05) is 23.3 Å². The number of hydrogen-bond donors (Lipinski definition) is 0. The van der Waals surface area contributed by atoms with Crippen LogP contribution in [0.15, 0.2) is 5.57 Å². The van der Waals surface area contributed by atoms with Crippen molar-refractivity contribution in [3.8, 4) is 0 Å². The zero-order valence-electron chi connectivity index (χ0n) is 7.14. The first-order valence-electron chi connectivity index (χ1n) is 4.06. The molecule has 68 valence electrons. The fraction of sp³-hybridized carbons (Fsp3) is 0.333. The average molecular weight is 215 g/mol. The predicted octanol–water partition coefficient (Wildman–Crippen LogP) is 3.13. The second-order valence-electron chi connectivity index (χ2n) is 3.13. The molecule has 0 unspecified atom stereocenters. The summed E-state index contributed by atoms with van der Waals surface area (Å²) in [6.45, 7) is 2.08. The van der Waals surface area contributed by atoms with Crippen molar-refractivity contribution in [2.24, 2.45) is 0 Å². The second-order valence-corrected chi connectivity index (χ2v) is 3.83. The molecule has 1 aliphatic carbocycles. The molecule has 1 heterocycles. The number of halogens is 2. The largest absolute Gasteiger partial charge is 0.224 e. The van der Waals surface area contributed by atoms with E-state index in [0.717, 1.165) is 24.1 Å². The first kappa shape index (κ1) is 8.97. The summed E-state index contributed by atoms with van der Waals surface area (Å²) in [6.07, 6.45) is 3.95. The molecule has 0 amide bonds. The van der Waals surface area contributed by atoms with Crippen LogP contribution in [-0.4, -0.2) is 9.97 Å². The average Bonchev–Trinajstić information content (AvgIpc) is 2.06. The molecule has 0 atom stereocenters. The molecule has 0 fully saturated rings. The van der Waals surface area contributed by atoms with Gasteiger partial charge in [0.25, 0.3) is 0 Å². The van der Waals surface area contributed by atoms with Gasteiger partial charge in [-0.3, -0.25) is 0 Å². The highest BCUT2D eigenvalue weighted by atomic mass is 35.5. The monoisotopic (exact) mass is 214 g/mol. The lowest BCUT2D eigenvalue weighted by Gasteiger charge is -2.13. The van der Waals surface area contributed by atoms with E-state index in [9.17, 15) is 0 Å². The predicted molar refractivity (Wildman–Crippen MR) is 54.0 cm³/mol. The molecule has 2 rings (SSSR count). The van der Waals surface area contributed by atoms with Crippen LogP contribution in [0.3, 0.4) is 0 Å². The van der Waals surface area contributed by atoms with Gasteiger partial charge in [0.2, 0.25) is 5.28 Å². The van der Waals surface area contributed by atoms with Gasteiger partial charge in [0.15, 0.2) is 0 Å². The molecule has 0 bridgehead atoms. The van der Waals surface area contributed by atoms with E-state index < -0.39 is 0 Å². The van der Waals surface area contributed by atoms with E-state index in [1.165, 1.54) is 5.57 Å². The maximum absolute atomic E-state index is 5.93. The Morgan fingerprint density at radius 2 is 2.00 bits per heavy atom. The molecule has 4 heteroatoms. The molecule has 0 N–H and O–H groups in total. The van der Waals surface area contributed by atoms with Crippen LogP contribution in [0.2, 0.25) is 10.4 Å². The molecule has 13 heavy (non-hydrogen) atoms. The number of rotatable bonds is 0. The fourth-order valence-corrected chi connectivity index (χ4v) is 1.90. The summed E-state index contributed by atoms with van der Waals surface area (Å²) in [5.41, 5.74) is 3.19. The van der Waals surface area contributed by atoms with Gasteiger partial charge in [0.05, 0.1) is 5.69 Å². The molecular weight excluding hydrogens is 207 g/mol. The third-order valence-corrected chi connectivity index (χ3v) is 2.55. The molecule has 0 saturated carbocycles. The molecule has 1 aliphatic rings. The van der Waals surface area contributed by atoms with E-state index >= 15 is 0 Å². The summed E-state index contributed by atoms with van der Waals surface area (Å²) in [6, 6.07) is 0.